The number of anilines is 1. The molecular formula is C12H15F3N2O. The molecule has 18 heavy (non-hydrogen) atoms. The molecular weight excluding hydrogens is 245 g/mol. The second-order valence-corrected chi connectivity index (χ2v) is 4.71. The lowest BCUT2D eigenvalue weighted by Crippen LogP contribution is -2.41. The van der Waals surface area contributed by atoms with Crippen molar-refractivity contribution in [3.8, 4) is 0 Å². The summed E-state index contributed by atoms with van der Waals surface area (Å²) in [6.45, 7) is 4.42. The first-order valence-corrected chi connectivity index (χ1v) is 5.75. The van der Waals surface area contributed by atoms with Crippen molar-refractivity contribution in [1.82, 2.24) is 4.98 Å². The molecule has 2 heterocycles. The molecule has 0 radical (unpaired) electrons. The van der Waals surface area contributed by atoms with Gasteiger partial charge >= 0.3 is 6.18 Å². The van der Waals surface area contributed by atoms with Crippen LogP contribution in [0.15, 0.2) is 18.2 Å². The molecule has 2 atom stereocenters. The fourth-order valence-corrected chi connectivity index (χ4v) is 1.95. The van der Waals surface area contributed by atoms with Gasteiger partial charge in [-0.3, -0.25) is 0 Å². The number of ether oxygens (including phenoxy) is 1. The number of hydrogen-bond acceptors (Lipinski definition) is 3. The van der Waals surface area contributed by atoms with E-state index in [4.69, 9.17) is 4.74 Å². The van der Waals surface area contributed by atoms with Crippen molar-refractivity contribution in [3.63, 3.8) is 0 Å². The van der Waals surface area contributed by atoms with Gasteiger partial charge in [0.15, 0.2) is 0 Å². The Bertz CT molecular complexity index is 436. The number of hydrogen-bond donors (Lipinski definition) is 1. The highest BCUT2D eigenvalue weighted by Gasteiger charge is 2.38. The van der Waals surface area contributed by atoms with Crippen molar-refractivity contribution in [3.05, 3.63) is 23.9 Å². The fourth-order valence-electron chi connectivity index (χ4n) is 1.95. The van der Waals surface area contributed by atoms with Crippen LogP contribution in [0, 0.1) is 0 Å². The molecule has 0 bridgehead atoms. The predicted octanol–water partition coefficient (Wildman–Crippen LogP) is 3.08. The summed E-state index contributed by atoms with van der Waals surface area (Å²) in [6.07, 6.45) is -3.74. The first kappa shape index (κ1) is 13.1. The normalized spacial score (nSPS) is 28.4. The number of aromatic nitrogens is 1. The molecule has 1 aliphatic heterocycles. The molecule has 1 aromatic rings. The Kier molecular flexibility index (Phi) is 3.23. The van der Waals surface area contributed by atoms with Gasteiger partial charge in [-0.15, -0.1) is 0 Å². The summed E-state index contributed by atoms with van der Waals surface area (Å²) in [5.74, 6) is 0.227. The fraction of sp³-hybridized carbons (Fsp3) is 0.583. The second-order valence-electron chi connectivity index (χ2n) is 4.71. The zero-order valence-electron chi connectivity index (χ0n) is 10.2. The Morgan fingerprint density at radius 2 is 2.17 bits per heavy atom. The molecule has 3 nitrogen and oxygen atoms in total. The minimum Gasteiger partial charge on any atom is -0.376 e. The quantitative estimate of drug-likeness (QED) is 0.887. The maximum absolute atomic E-state index is 12.5. The predicted molar refractivity (Wildman–Crippen MR) is 61.3 cm³/mol. The summed E-state index contributed by atoms with van der Waals surface area (Å²) in [4.78, 5) is 3.60. The molecule has 0 spiro atoms. The van der Waals surface area contributed by atoms with Crippen molar-refractivity contribution in [2.24, 2.45) is 0 Å². The van der Waals surface area contributed by atoms with Gasteiger partial charge in [0, 0.05) is 6.61 Å². The summed E-state index contributed by atoms with van der Waals surface area (Å²) >= 11 is 0. The highest BCUT2D eigenvalue weighted by atomic mass is 19.4. The Balaban J connectivity index is 2.20. The van der Waals surface area contributed by atoms with Gasteiger partial charge in [-0.2, -0.15) is 13.2 Å². The monoisotopic (exact) mass is 260 g/mol. The van der Waals surface area contributed by atoms with E-state index in [1.165, 1.54) is 12.1 Å². The number of halogens is 3. The number of pyridine rings is 1. The van der Waals surface area contributed by atoms with Crippen LogP contribution in [-0.4, -0.2) is 23.2 Å². The molecule has 0 aliphatic carbocycles. The van der Waals surface area contributed by atoms with Gasteiger partial charge in [0.2, 0.25) is 0 Å². The first-order valence-electron chi connectivity index (χ1n) is 5.75. The van der Waals surface area contributed by atoms with Crippen LogP contribution in [0.4, 0.5) is 19.0 Å². The molecule has 0 aromatic carbocycles. The molecule has 6 heteroatoms. The average molecular weight is 260 g/mol. The number of nitrogens with one attached hydrogen (secondary N) is 1. The van der Waals surface area contributed by atoms with Crippen molar-refractivity contribution in [1.29, 1.82) is 0 Å². The van der Waals surface area contributed by atoms with Crippen LogP contribution in [-0.2, 0) is 10.9 Å². The smallest absolute Gasteiger partial charge is 0.376 e. The van der Waals surface area contributed by atoms with Gasteiger partial charge < -0.3 is 10.1 Å². The van der Waals surface area contributed by atoms with E-state index in [1.807, 2.05) is 13.8 Å². The van der Waals surface area contributed by atoms with E-state index in [9.17, 15) is 13.2 Å². The number of alkyl halides is 3. The topological polar surface area (TPSA) is 34.1 Å². The standard InChI is InChI=1S/C12H15F3N2O/c1-8-11(2,6-7-18-8)17-10-5-3-4-9(16-10)12(13,14)15/h3-5,8H,6-7H2,1-2H3,(H,16,17). The van der Waals surface area contributed by atoms with Crippen molar-refractivity contribution in [2.75, 3.05) is 11.9 Å². The maximum atomic E-state index is 12.5. The minimum atomic E-state index is -4.42. The van der Waals surface area contributed by atoms with Crippen LogP contribution < -0.4 is 5.32 Å². The van der Waals surface area contributed by atoms with Gasteiger partial charge in [0.25, 0.3) is 0 Å². The van der Waals surface area contributed by atoms with E-state index in [0.29, 0.717) is 6.61 Å². The Morgan fingerprint density at radius 1 is 1.44 bits per heavy atom. The third kappa shape index (κ3) is 2.58. The lowest BCUT2D eigenvalue weighted by Gasteiger charge is -2.29. The summed E-state index contributed by atoms with van der Waals surface area (Å²) < 4.78 is 43.0. The highest BCUT2D eigenvalue weighted by Crippen LogP contribution is 2.31. The SMILES string of the molecule is CC1OCCC1(C)Nc1cccc(C(F)(F)F)n1. The maximum Gasteiger partial charge on any atom is 0.433 e. The van der Waals surface area contributed by atoms with Crippen LogP contribution in [0.5, 0.6) is 0 Å². The van der Waals surface area contributed by atoms with E-state index in [0.717, 1.165) is 12.5 Å². The largest absolute Gasteiger partial charge is 0.433 e. The van der Waals surface area contributed by atoms with Crippen molar-refractivity contribution in [2.45, 2.75) is 38.1 Å². The molecule has 1 aliphatic rings. The van der Waals surface area contributed by atoms with E-state index in [-0.39, 0.29) is 17.5 Å². The summed E-state index contributed by atoms with van der Waals surface area (Å²) in [5.41, 5.74) is -1.26. The van der Waals surface area contributed by atoms with Gasteiger partial charge in [-0.1, -0.05) is 6.07 Å². The van der Waals surface area contributed by atoms with Crippen LogP contribution in [0.3, 0.4) is 0 Å². The van der Waals surface area contributed by atoms with Gasteiger partial charge in [0.1, 0.15) is 11.5 Å². The summed E-state index contributed by atoms with van der Waals surface area (Å²) in [5, 5.41) is 3.04. The molecule has 1 aromatic heterocycles. The number of rotatable bonds is 2. The van der Waals surface area contributed by atoms with Crippen molar-refractivity contribution < 1.29 is 17.9 Å². The Morgan fingerprint density at radius 3 is 2.72 bits per heavy atom. The Hall–Kier alpha value is -1.30. The van der Waals surface area contributed by atoms with Crippen LogP contribution in [0.2, 0.25) is 0 Å². The van der Waals surface area contributed by atoms with Gasteiger partial charge in [-0.05, 0) is 32.4 Å². The molecule has 1 fully saturated rings. The lowest BCUT2D eigenvalue weighted by molar-refractivity contribution is -0.141. The third-order valence-electron chi connectivity index (χ3n) is 3.34. The molecule has 1 saturated heterocycles. The third-order valence-corrected chi connectivity index (χ3v) is 3.34. The molecule has 100 valence electrons. The van der Waals surface area contributed by atoms with Crippen molar-refractivity contribution >= 4 is 5.82 Å². The van der Waals surface area contributed by atoms with E-state index >= 15 is 0 Å². The zero-order valence-corrected chi connectivity index (χ0v) is 10.2. The van der Waals surface area contributed by atoms with Crippen LogP contribution in [0.25, 0.3) is 0 Å². The van der Waals surface area contributed by atoms with Gasteiger partial charge in [-0.25, -0.2) is 4.98 Å². The number of nitrogens with zero attached hydrogens (tertiary/aromatic N) is 1. The van der Waals surface area contributed by atoms with E-state index < -0.39 is 11.9 Å². The molecule has 2 rings (SSSR count). The van der Waals surface area contributed by atoms with Gasteiger partial charge in [0.05, 0.1) is 11.6 Å². The zero-order chi connectivity index (χ0) is 13.4. The average Bonchev–Trinajstić information content (AvgIpc) is 2.58. The molecule has 0 amide bonds. The summed E-state index contributed by atoms with van der Waals surface area (Å²) in [7, 11) is 0. The molecule has 0 saturated carbocycles. The highest BCUT2D eigenvalue weighted by molar-refractivity contribution is 5.39. The summed E-state index contributed by atoms with van der Waals surface area (Å²) in [6, 6.07) is 3.84. The molecule has 2 unspecified atom stereocenters. The van der Waals surface area contributed by atoms with Crippen LogP contribution in [0.1, 0.15) is 26.0 Å². The molecule has 1 N–H and O–H groups in total. The first-order chi connectivity index (χ1) is 8.31. The van der Waals surface area contributed by atoms with E-state index in [1.54, 1.807) is 0 Å². The minimum absolute atomic E-state index is 0.0613. The van der Waals surface area contributed by atoms with Crippen LogP contribution >= 0.6 is 0 Å². The van der Waals surface area contributed by atoms with E-state index in [2.05, 4.69) is 10.3 Å². The Labute approximate surface area is 103 Å². The lowest BCUT2D eigenvalue weighted by atomic mass is 9.95. The second kappa shape index (κ2) is 4.42.